The number of carbonyl (C=O) groups is 1. The van der Waals surface area contributed by atoms with Gasteiger partial charge in [0.15, 0.2) is 0 Å². The molecule has 0 bridgehead atoms. The van der Waals surface area contributed by atoms with Gasteiger partial charge in [-0.1, -0.05) is 0 Å². The zero-order chi connectivity index (χ0) is 12.4. The van der Waals surface area contributed by atoms with Crippen molar-refractivity contribution in [2.24, 2.45) is 7.05 Å². The fraction of sp³-hybridized carbons (Fsp3) is 0.667. The molecule has 94 valence electrons. The van der Waals surface area contributed by atoms with E-state index in [0.29, 0.717) is 0 Å². The molecular formula is C12H20N4O. The number of nitrogens with zero attached hydrogens (tertiary/aromatic N) is 2. The van der Waals surface area contributed by atoms with Crippen LogP contribution in [-0.4, -0.2) is 28.3 Å². The highest BCUT2D eigenvalue weighted by atomic mass is 16.2. The van der Waals surface area contributed by atoms with E-state index in [1.807, 2.05) is 31.8 Å². The predicted molar refractivity (Wildman–Crippen MR) is 65.5 cm³/mol. The van der Waals surface area contributed by atoms with Gasteiger partial charge >= 0.3 is 0 Å². The van der Waals surface area contributed by atoms with Crippen LogP contribution in [-0.2, 0) is 11.8 Å². The quantitative estimate of drug-likeness (QED) is 0.810. The molecule has 1 unspecified atom stereocenters. The van der Waals surface area contributed by atoms with Crippen LogP contribution in [0, 0.1) is 6.92 Å². The molecule has 1 fully saturated rings. The van der Waals surface area contributed by atoms with E-state index in [0.717, 1.165) is 30.6 Å². The first-order valence-corrected chi connectivity index (χ1v) is 6.12. The van der Waals surface area contributed by atoms with Crippen molar-refractivity contribution in [3.8, 4) is 0 Å². The summed E-state index contributed by atoms with van der Waals surface area (Å²) >= 11 is 0. The first-order valence-electron chi connectivity index (χ1n) is 6.12. The van der Waals surface area contributed by atoms with Gasteiger partial charge in [-0.25, -0.2) is 0 Å². The molecule has 0 radical (unpaired) electrons. The number of aryl methyl sites for hydroxylation is 1. The Balaban J connectivity index is 1.98. The molecule has 0 aromatic carbocycles. The Labute approximate surface area is 102 Å². The maximum absolute atomic E-state index is 11.9. The summed E-state index contributed by atoms with van der Waals surface area (Å²) in [6, 6.07) is -0.00646. The summed E-state index contributed by atoms with van der Waals surface area (Å²) < 4.78 is 1.83. The molecule has 1 saturated heterocycles. The number of aromatic nitrogens is 2. The summed E-state index contributed by atoms with van der Waals surface area (Å²) in [5.74, 6) is 0.0956. The average molecular weight is 236 g/mol. The Bertz CT molecular complexity index is 407. The van der Waals surface area contributed by atoms with Crippen molar-refractivity contribution in [2.45, 2.75) is 38.8 Å². The molecule has 1 amide bonds. The Morgan fingerprint density at radius 1 is 1.71 bits per heavy atom. The molecule has 5 nitrogen and oxygen atoms in total. The van der Waals surface area contributed by atoms with Crippen molar-refractivity contribution < 1.29 is 4.79 Å². The van der Waals surface area contributed by atoms with Gasteiger partial charge in [-0.05, 0) is 33.2 Å². The lowest BCUT2D eigenvalue weighted by molar-refractivity contribution is -0.123. The monoisotopic (exact) mass is 236 g/mol. The number of nitrogens with one attached hydrogen (secondary N) is 2. The highest BCUT2D eigenvalue weighted by Crippen LogP contribution is 2.16. The van der Waals surface area contributed by atoms with Crippen LogP contribution < -0.4 is 10.6 Å². The Morgan fingerprint density at radius 3 is 3.00 bits per heavy atom. The normalized spacial score (nSPS) is 21.5. The van der Waals surface area contributed by atoms with Crippen LogP contribution in [0.5, 0.6) is 0 Å². The van der Waals surface area contributed by atoms with E-state index in [1.165, 1.54) is 0 Å². The molecule has 0 saturated carbocycles. The van der Waals surface area contributed by atoms with Crippen molar-refractivity contribution in [3.05, 3.63) is 17.5 Å². The molecule has 17 heavy (non-hydrogen) atoms. The third kappa shape index (κ3) is 2.49. The molecule has 1 aliphatic heterocycles. The van der Waals surface area contributed by atoms with Crippen molar-refractivity contribution in [1.82, 2.24) is 20.4 Å². The molecule has 5 heteroatoms. The second-order valence-electron chi connectivity index (χ2n) is 4.69. The van der Waals surface area contributed by atoms with Gasteiger partial charge in [0.05, 0.1) is 18.3 Å². The summed E-state index contributed by atoms with van der Waals surface area (Å²) in [6.45, 7) is 4.95. The van der Waals surface area contributed by atoms with E-state index in [-0.39, 0.29) is 18.0 Å². The van der Waals surface area contributed by atoms with Crippen molar-refractivity contribution in [3.63, 3.8) is 0 Å². The lowest BCUT2D eigenvalue weighted by Gasteiger charge is -2.17. The maximum atomic E-state index is 11.9. The van der Waals surface area contributed by atoms with E-state index in [4.69, 9.17) is 0 Å². The lowest BCUT2D eigenvalue weighted by atomic mass is 10.1. The lowest BCUT2D eigenvalue weighted by Crippen LogP contribution is -2.41. The number of hydrogen-bond donors (Lipinski definition) is 2. The fourth-order valence-electron chi connectivity index (χ4n) is 2.24. The Kier molecular flexibility index (Phi) is 3.47. The molecule has 2 heterocycles. The molecular weight excluding hydrogens is 216 g/mol. The van der Waals surface area contributed by atoms with Crippen LogP contribution in [0.15, 0.2) is 6.20 Å². The van der Waals surface area contributed by atoms with Gasteiger partial charge in [-0.3, -0.25) is 9.48 Å². The molecule has 1 aromatic rings. The van der Waals surface area contributed by atoms with E-state index in [2.05, 4.69) is 15.7 Å². The van der Waals surface area contributed by atoms with Gasteiger partial charge in [0.25, 0.3) is 0 Å². The second-order valence-corrected chi connectivity index (χ2v) is 4.69. The highest BCUT2D eigenvalue weighted by Gasteiger charge is 2.24. The van der Waals surface area contributed by atoms with Gasteiger partial charge in [0.2, 0.25) is 5.91 Å². The smallest absolute Gasteiger partial charge is 0.237 e. The van der Waals surface area contributed by atoms with E-state index < -0.39 is 0 Å². The SMILES string of the molecule is Cc1c(C(C)NC(=O)[C@H]2CCCN2)cnn1C. The summed E-state index contributed by atoms with van der Waals surface area (Å²) in [5, 5.41) is 10.4. The Hall–Kier alpha value is -1.36. The van der Waals surface area contributed by atoms with Gasteiger partial charge in [-0.2, -0.15) is 5.10 Å². The Morgan fingerprint density at radius 2 is 2.47 bits per heavy atom. The first kappa shape index (κ1) is 12.1. The van der Waals surface area contributed by atoms with Crippen LogP contribution in [0.4, 0.5) is 0 Å². The number of amides is 1. The number of rotatable bonds is 3. The fourth-order valence-corrected chi connectivity index (χ4v) is 2.24. The maximum Gasteiger partial charge on any atom is 0.237 e. The molecule has 2 atom stereocenters. The van der Waals surface area contributed by atoms with Crippen molar-refractivity contribution in [2.75, 3.05) is 6.54 Å². The summed E-state index contributed by atoms with van der Waals surface area (Å²) in [4.78, 5) is 11.9. The average Bonchev–Trinajstić information content (AvgIpc) is 2.90. The minimum absolute atomic E-state index is 0.0126. The van der Waals surface area contributed by atoms with Gasteiger partial charge < -0.3 is 10.6 Å². The van der Waals surface area contributed by atoms with Crippen molar-refractivity contribution >= 4 is 5.91 Å². The van der Waals surface area contributed by atoms with Gasteiger partial charge in [-0.15, -0.1) is 0 Å². The third-order valence-corrected chi connectivity index (χ3v) is 3.48. The first-order chi connectivity index (χ1) is 8.09. The molecule has 0 aliphatic carbocycles. The van der Waals surface area contributed by atoms with Crippen LogP contribution in [0.3, 0.4) is 0 Å². The minimum atomic E-state index is -0.0190. The number of hydrogen-bond acceptors (Lipinski definition) is 3. The highest BCUT2D eigenvalue weighted by molar-refractivity contribution is 5.82. The topological polar surface area (TPSA) is 59.0 Å². The van der Waals surface area contributed by atoms with E-state index >= 15 is 0 Å². The van der Waals surface area contributed by atoms with Crippen LogP contribution in [0.1, 0.15) is 37.1 Å². The van der Waals surface area contributed by atoms with E-state index in [1.54, 1.807) is 0 Å². The molecule has 2 rings (SSSR count). The zero-order valence-corrected chi connectivity index (χ0v) is 10.7. The van der Waals surface area contributed by atoms with Gasteiger partial charge in [0, 0.05) is 18.3 Å². The minimum Gasteiger partial charge on any atom is -0.348 e. The van der Waals surface area contributed by atoms with Crippen LogP contribution >= 0.6 is 0 Å². The predicted octanol–water partition coefficient (Wildman–Crippen LogP) is 0.658. The standard InChI is InChI=1S/C12H20N4O/c1-8(10-7-14-16(3)9(10)2)15-12(17)11-5-4-6-13-11/h7-8,11,13H,4-6H2,1-3H3,(H,15,17)/t8?,11-/m1/s1. The van der Waals surface area contributed by atoms with E-state index in [9.17, 15) is 4.79 Å². The molecule has 0 spiro atoms. The molecule has 1 aromatic heterocycles. The summed E-state index contributed by atoms with van der Waals surface area (Å²) in [6.07, 6.45) is 3.84. The molecule has 1 aliphatic rings. The largest absolute Gasteiger partial charge is 0.348 e. The third-order valence-electron chi connectivity index (χ3n) is 3.48. The number of carbonyl (C=O) groups excluding carboxylic acids is 1. The molecule has 2 N–H and O–H groups in total. The van der Waals surface area contributed by atoms with Gasteiger partial charge in [0.1, 0.15) is 0 Å². The van der Waals surface area contributed by atoms with Crippen LogP contribution in [0.2, 0.25) is 0 Å². The summed E-state index contributed by atoms with van der Waals surface area (Å²) in [7, 11) is 1.91. The zero-order valence-electron chi connectivity index (χ0n) is 10.7. The second kappa shape index (κ2) is 4.87. The summed E-state index contributed by atoms with van der Waals surface area (Å²) in [5.41, 5.74) is 2.18. The van der Waals surface area contributed by atoms with Crippen molar-refractivity contribution in [1.29, 1.82) is 0 Å². The van der Waals surface area contributed by atoms with Crippen LogP contribution in [0.25, 0.3) is 0 Å².